The van der Waals surface area contributed by atoms with Gasteiger partial charge in [0.25, 0.3) is 5.91 Å². The highest BCUT2D eigenvalue weighted by molar-refractivity contribution is 5.80. The van der Waals surface area contributed by atoms with Crippen LogP contribution in [0.2, 0.25) is 0 Å². The summed E-state index contributed by atoms with van der Waals surface area (Å²) in [6.07, 6.45) is -0.656. The fourth-order valence-corrected chi connectivity index (χ4v) is 3.04. The summed E-state index contributed by atoms with van der Waals surface area (Å²) in [5, 5.41) is 4.02. The third-order valence-corrected chi connectivity index (χ3v) is 5.01. The molecule has 0 fully saturated rings. The van der Waals surface area contributed by atoms with E-state index in [2.05, 4.69) is 10.1 Å². The first-order chi connectivity index (χ1) is 14.8. The summed E-state index contributed by atoms with van der Waals surface area (Å²) in [5.74, 6) is 2.36. The zero-order valence-electron chi connectivity index (χ0n) is 18.6. The molecular formula is C23H27N3O5. The standard InChI is InChI=1S/C23H27N3O5/c1-14-7-8-18(11-15(14)2)30-16(3)23(27)26(4)13-21-24-22(25-31-21)19-10-9-17(28-5)12-20(19)29-6/h7-12,16H,13H2,1-6H3/t16-/m1/s1. The average Bonchev–Trinajstić information content (AvgIpc) is 3.23. The van der Waals surface area contributed by atoms with E-state index in [-0.39, 0.29) is 12.5 Å². The number of nitrogens with zero attached hydrogens (tertiary/aromatic N) is 3. The lowest BCUT2D eigenvalue weighted by Gasteiger charge is -2.21. The molecule has 0 N–H and O–H groups in total. The smallest absolute Gasteiger partial charge is 0.263 e. The van der Waals surface area contributed by atoms with Crippen molar-refractivity contribution in [3.63, 3.8) is 0 Å². The predicted octanol–water partition coefficient (Wildman–Crippen LogP) is 3.80. The van der Waals surface area contributed by atoms with Crippen molar-refractivity contribution in [2.45, 2.75) is 33.4 Å². The first kappa shape index (κ1) is 22.1. The summed E-state index contributed by atoms with van der Waals surface area (Å²) in [5.41, 5.74) is 2.95. The van der Waals surface area contributed by atoms with Gasteiger partial charge in [-0.15, -0.1) is 0 Å². The molecule has 1 atom stereocenters. The number of amides is 1. The van der Waals surface area contributed by atoms with Gasteiger partial charge in [-0.05, 0) is 56.2 Å². The quantitative estimate of drug-likeness (QED) is 0.542. The van der Waals surface area contributed by atoms with Crippen LogP contribution in [0.25, 0.3) is 11.4 Å². The van der Waals surface area contributed by atoms with Gasteiger partial charge in [-0.3, -0.25) is 4.79 Å². The van der Waals surface area contributed by atoms with E-state index in [0.29, 0.717) is 34.5 Å². The van der Waals surface area contributed by atoms with Crippen LogP contribution in [-0.2, 0) is 11.3 Å². The number of aromatic nitrogens is 2. The van der Waals surface area contributed by atoms with Crippen molar-refractivity contribution in [1.82, 2.24) is 15.0 Å². The van der Waals surface area contributed by atoms with Crippen molar-refractivity contribution in [2.75, 3.05) is 21.3 Å². The minimum Gasteiger partial charge on any atom is -0.497 e. The molecule has 1 aromatic heterocycles. The SMILES string of the molecule is COc1ccc(-c2noc(CN(C)C(=O)[C@@H](C)Oc3ccc(C)c(C)c3)n2)c(OC)c1. The van der Waals surface area contributed by atoms with E-state index < -0.39 is 6.10 Å². The maximum Gasteiger partial charge on any atom is 0.263 e. The summed E-state index contributed by atoms with van der Waals surface area (Å²) >= 11 is 0. The average molecular weight is 425 g/mol. The highest BCUT2D eigenvalue weighted by atomic mass is 16.5. The first-order valence-corrected chi connectivity index (χ1v) is 9.86. The Morgan fingerprint density at radius 2 is 1.81 bits per heavy atom. The molecule has 3 aromatic rings. The minimum atomic E-state index is -0.656. The Bertz CT molecular complexity index is 1060. The topological polar surface area (TPSA) is 86.9 Å². The zero-order chi connectivity index (χ0) is 22.5. The Hall–Kier alpha value is -3.55. The molecule has 0 aliphatic rings. The maximum atomic E-state index is 12.7. The van der Waals surface area contributed by atoms with E-state index in [1.807, 2.05) is 32.0 Å². The molecule has 8 heteroatoms. The molecule has 0 bridgehead atoms. The molecule has 164 valence electrons. The van der Waals surface area contributed by atoms with E-state index >= 15 is 0 Å². The molecule has 0 aliphatic carbocycles. The van der Waals surface area contributed by atoms with Crippen molar-refractivity contribution in [3.8, 4) is 28.6 Å². The fraction of sp³-hybridized carbons (Fsp3) is 0.348. The zero-order valence-corrected chi connectivity index (χ0v) is 18.6. The van der Waals surface area contributed by atoms with Gasteiger partial charge >= 0.3 is 0 Å². The van der Waals surface area contributed by atoms with E-state index in [1.54, 1.807) is 46.4 Å². The highest BCUT2D eigenvalue weighted by Crippen LogP contribution is 2.31. The summed E-state index contributed by atoms with van der Waals surface area (Å²) in [4.78, 5) is 18.6. The molecule has 0 saturated heterocycles. The van der Waals surface area contributed by atoms with E-state index in [1.165, 1.54) is 10.5 Å². The normalized spacial score (nSPS) is 11.7. The molecule has 0 radical (unpaired) electrons. The summed E-state index contributed by atoms with van der Waals surface area (Å²) in [7, 11) is 4.81. The van der Waals surface area contributed by atoms with Crippen LogP contribution in [0.15, 0.2) is 40.9 Å². The van der Waals surface area contributed by atoms with E-state index in [9.17, 15) is 4.79 Å². The largest absolute Gasteiger partial charge is 0.497 e. The van der Waals surface area contributed by atoms with Crippen molar-refractivity contribution < 1.29 is 23.5 Å². The lowest BCUT2D eigenvalue weighted by atomic mass is 10.1. The van der Waals surface area contributed by atoms with Crippen LogP contribution in [-0.4, -0.2) is 48.3 Å². The van der Waals surface area contributed by atoms with Crippen LogP contribution in [0, 0.1) is 13.8 Å². The van der Waals surface area contributed by atoms with Crippen LogP contribution in [0.4, 0.5) is 0 Å². The molecule has 8 nitrogen and oxygen atoms in total. The Morgan fingerprint density at radius 1 is 1.06 bits per heavy atom. The monoisotopic (exact) mass is 425 g/mol. The number of likely N-dealkylation sites (N-methyl/N-ethyl adjacent to an activating group) is 1. The Balaban J connectivity index is 1.67. The number of benzene rings is 2. The summed E-state index contributed by atoms with van der Waals surface area (Å²) < 4.78 is 21.8. The second-order valence-corrected chi connectivity index (χ2v) is 7.28. The van der Waals surface area contributed by atoms with Gasteiger partial charge in [0, 0.05) is 13.1 Å². The maximum absolute atomic E-state index is 12.7. The lowest BCUT2D eigenvalue weighted by Crippen LogP contribution is -2.37. The van der Waals surface area contributed by atoms with Crippen LogP contribution in [0.5, 0.6) is 17.2 Å². The van der Waals surface area contributed by atoms with Gasteiger partial charge < -0.3 is 23.6 Å². The minimum absolute atomic E-state index is 0.158. The molecule has 31 heavy (non-hydrogen) atoms. The van der Waals surface area contributed by atoms with Gasteiger partial charge in [-0.1, -0.05) is 11.2 Å². The van der Waals surface area contributed by atoms with Crippen molar-refractivity contribution in [2.24, 2.45) is 0 Å². The molecule has 1 heterocycles. The van der Waals surface area contributed by atoms with E-state index in [0.717, 1.165) is 5.56 Å². The molecule has 3 rings (SSSR count). The summed E-state index contributed by atoms with van der Waals surface area (Å²) in [6, 6.07) is 11.1. The van der Waals surface area contributed by atoms with E-state index in [4.69, 9.17) is 18.7 Å². The number of ether oxygens (including phenoxy) is 3. The number of carbonyl (C=O) groups is 1. The molecule has 0 aliphatic heterocycles. The number of carbonyl (C=O) groups excluding carboxylic acids is 1. The second-order valence-electron chi connectivity index (χ2n) is 7.28. The molecule has 0 saturated carbocycles. The van der Waals surface area contributed by atoms with Gasteiger partial charge in [0.2, 0.25) is 11.7 Å². The number of hydrogen-bond donors (Lipinski definition) is 0. The Labute approximate surface area is 181 Å². The molecular weight excluding hydrogens is 398 g/mol. The van der Waals surface area contributed by atoms with Crippen LogP contribution in [0.3, 0.4) is 0 Å². The lowest BCUT2D eigenvalue weighted by molar-refractivity contribution is -0.137. The number of aryl methyl sites for hydroxylation is 2. The van der Waals surface area contributed by atoms with Gasteiger partial charge in [-0.25, -0.2) is 0 Å². The van der Waals surface area contributed by atoms with Crippen molar-refractivity contribution >= 4 is 5.91 Å². The fourth-order valence-electron chi connectivity index (χ4n) is 3.04. The molecule has 1 amide bonds. The predicted molar refractivity (Wildman–Crippen MR) is 115 cm³/mol. The van der Waals surface area contributed by atoms with Crippen LogP contribution >= 0.6 is 0 Å². The Kier molecular flexibility index (Phi) is 6.79. The molecule has 0 unspecified atom stereocenters. The van der Waals surface area contributed by atoms with Gasteiger partial charge in [-0.2, -0.15) is 4.98 Å². The van der Waals surface area contributed by atoms with Gasteiger partial charge in [0.1, 0.15) is 17.2 Å². The number of hydrogen-bond acceptors (Lipinski definition) is 7. The van der Waals surface area contributed by atoms with Crippen LogP contribution < -0.4 is 14.2 Å². The van der Waals surface area contributed by atoms with Gasteiger partial charge in [0.05, 0.1) is 26.3 Å². The van der Waals surface area contributed by atoms with Crippen molar-refractivity contribution in [1.29, 1.82) is 0 Å². The molecule has 2 aromatic carbocycles. The third kappa shape index (κ3) is 5.14. The Morgan fingerprint density at radius 3 is 2.48 bits per heavy atom. The summed E-state index contributed by atoms with van der Waals surface area (Å²) in [6.45, 7) is 5.91. The number of rotatable bonds is 8. The third-order valence-electron chi connectivity index (χ3n) is 5.01. The van der Waals surface area contributed by atoms with Crippen molar-refractivity contribution in [3.05, 3.63) is 53.4 Å². The molecule has 0 spiro atoms. The first-order valence-electron chi connectivity index (χ1n) is 9.86. The second kappa shape index (κ2) is 9.51. The highest BCUT2D eigenvalue weighted by Gasteiger charge is 2.22. The van der Waals surface area contributed by atoms with Crippen LogP contribution in [0.1, 0.15) is 23.9 Å². The number of methoxy groups -OCH3 is 2. The van der Waals surface area contributed by atoms with Gasteiger partial charge in [0.15, 0.2) is 6.10 Å².